The molecular formula is C26H23N5O3. The van der Waals surface area contributed by atoms with Crippen molar-refractivity contribution in [1.82, 2.24) is 19.6 Å². The summed E-state index contributed by atoms with van der Waals surface area (Å²) in [7, 11) is 5.26. The van der Waals surface area contributed by atoms with Crippen LogP contribution < -0.4 is 9.64 Å². The number of hydrogen-bond acceptors (Lipinski definition) is 7. The van der Waals surface area contributed by atoms with Gasteiger partial charge < -0.3 is 14.4 Å². The van der Waals surface area contributed by atoms with Crippen LogP contribution in [0.4, 0.5) is 5.82 Å². The highest BCUT2D eigenvalue weighted by Crippen LogP contribution is 2.31. The number of esters is 1. The Hall–Kier alpha value is -4.46. The van der Waals surface area contributed by atoms with Gasteiger partial charge >= 0.3 is 5.97 Å². The van der Waals surface area contributed by atoms with Gasteiger partial charge in [0.1, 0.15) is 11.6 Å². The van der Waals surface area contributed by atoms with E-state index in [0.29, 0.717) is 17.3 Å². The normalized spacial score (nSPS) is 11.0. The van der Waals surface area contributed by atoms with Gasteiger partial charge in [-0.05, 0) is 29.8 Å². The molecule has 0 spiro atoms. The van der Waals surface area contributed by atoms with Crippen LogP contribution in [0.25, 0.3) is 27.7 Å². The molecule has 0 N–H and O–H groups in total. The third kappa shape index (κ3) is 4.13. The molecule has 0 unspecified atom stereocenters. The van der Waals surface area contributed by atoms with Gasteiger partial charge in [0.25, 0.3) is 0 Å². The highest BCUT2D eigenvalue weighted by Gasteiger charge is 2.16. The smallest absolute Gasteiger partial charge is 0.309 e. The molecule has 0 atom stereocenters. The molecule has 0 saturated carbocycles. The summed E-state index contributed by atoms with van der Waals surface area (Å²) in [5.74, 6) is 1.59. The van der Waals surface area contributed by atoms with Crippen LogP contribution in [0, 0.1) is 0 Å². The quantitative estimate of drug-likeness (QED) is 0.350. The van der Waals surface area contributed by atoms with Crippen LogP contribution >= 0.6 is 0 Å². The van der Waals surface area contributed by atoms with Crippen LogP contribution in [-0.2, 0) is 16.0 Å². The summed E-state index contributed by atoms with van der Waals surface area (Å²) in [6.45, 7) is 0. The average Bonchev–Trinajstić information content (AvgIpc) is 3.28. The first-order valence-electron chi connectivity index (χ1n) is 10.8. The Morgan fingerprint density at radius 2 is 1.82 bits per heavy atom. The molecule has 0 fully saturated rings. The van der Waals surface area contributed by atoms with Crippen molar-refractivity contribution < 1.29 is 14.3 Å². The van der Waals surface area contributed by atoms with Crippen molar-refractivity contribution in [1.29, 1.82) is 0 Å². The molecule has 2 aromatic carbocycles. The fourth-order valence-corrected chi connectivity index (χ4v) is 3.75. The fraction of sp³-hybridized carbons (Fsp3) is 0.154. The van der Waals surface area contributed by atoms with E-state index in [2.05, 4.69) is 16.1 Å². The number of benzene rings is 2. The molecule has 34 heavy (non-hydrogen) atoms. The van der Waals surface area contributed by atoms with Crippen LogP contribution in [0.15, 0.2) is 73.1 Å². The number of fused-ring (bicyclic) bond motifs is 2. The lowest BCUT2D eigenvalue weighted by molar-refractivity contribution is -0.139. The predicted octanol–water partition coefficient (Wildman–Crippen LogP) is 4.52. The number of nitrogens with zero attached hydrogens (tertiary/aromatic N) is 5. The first kappa shape index (κ1) is 21.4. The standard InChI is InChI=1S/C26H23N5O3/c1-30(2)24-14-23(34-20-10-8-17(9-11-20)12-25(32)33-3)29-26-21(16-28-31(24)26)19-13-18-6-4-5-7-22(18)27-15-19/h4-11,13-16H,12H2,1-3H3. The van der Waals surface area contributed by atoms with E-state index in [0.717, 1.165) is 33.4 Å². The highest BCUT2D eigenvalue weighted by atomic mass is 16.5. The van der Waals surface area contributed by atoms with E-state index in [9.17, 15) is 4.79 Å². The zero-order valence-corrected chi connectivity index (χ0v) is 19.1. The van der Waals surface area contributed by atoms with E-state index < -0.39 is 0 Å². The summed E-state index contributed by atoms with van der Waals surface area (Å²) in [4.78, 5) is 22.8. The van der Waals surface area contributed by atoms with Crippen LogP contribution in [0.5, 0.6) is 11.6 Å². The summed E-state index contributed by atoms with van der Waals surface area (Å²) in [5, 5.41) is 5.62. The Bertz CT molecular complexity index is 1490. The van der Waals surface area contributed by atoms with Crippen molar-refractivity contribution in [3.8, 4) is 22.8 Å². The van der Waals surface area contributed by atoms with Crippen molar-refractivity contribution in [3.05, 3.63) is 78.6 Å². The molecule has 0 saturated heterocycles. The molecule has 8 nitrogen and oxygen atoms in total. The van der Waals surface area contributed by atoms with Gasteiger partial charge in [-0.15, -0.1) is 0 Å². The fourth-order valence-electron chi connectivity index (χ4n) is 3.75. The SMILES string of the molecule is COC(=O)Cc1ccc(Oc2cc(N(C)C)n3ncc(-c4cnc5ccccc5c4)c3n2)cc1. The van der Waals surface area contributed by atoms with Crippen molar-refractivity contribution in [2.45, 2.75) is 6.42 Å². The zero-order chi connectivity index (χ0) is 23.7. The van der Waals surface area contributed by atoms with E-state index in [4.69, 9.17) is 14.5 Å². The lowest BCUT2D eigenvalue weighted by Gasteiger charge is -2.16. The number of para-hydroxylation sites is 1. The Morgan fingerprint density at radius 3 is 2.59 bits per heavy atom. The van der Waals surface area contributed by atoms with Gasteiger partial charge in [0, 0.05) is 42.9 Å². The summed E-state index contributed by atoms with van der Waals surface area (Å²) < 4.78 is 12.6. The van der Waals surface area contributed by atoms with Crippen molar-refractivity contribution in [2.75, 3.05) is 26.1 Å². The van der Waals surface area contributed by atoms with Gasteiger partial charge in [-0.2, -0.15) is 14.6 Å². The molecule has 0 aliphatic carbocycles. The predicted molar refractivity (Wildman–Crippen MR) is 130 cm³/mol. The second-order valence-electron chi connectivity index (χ2n) is 8.06. The molecule has 170 valence electrons. The van der Waals surface area contributed by atoms with Gasteiger partial charge in [-0.25, -0.2) is 0 Å². The lowest BCUT2D eigenvalue weighted by atomic mass is 10.1. The highest BCUT2D eigenvalue weighted by molar-refractivity contribution is 5.87. The minimum atomic E-state index is -0.284. The van der Waals surface area contributed by atoms with Crippen molar-refractivity contribution in [2.24, 2.45) is 0 Å². The van der Waals surface area contributed by atoms with E-state index in [-0.39, 0.29) is 12.4 Å². The Balaban J connectivity index is 1.53. The zero-order valence-electron chi connectivity index (χ0n) is 19.1. The second-order valence-corrected chi connectivity index (χ2v) is 8.06. The third-order valence-electron chi connectivity index (χ3n) is 5.51. The maximum Gasteiger partial charge on any atom is 0.309 e. The van der Waals surface area contributed by atoms with Crippen LogP contribution in [0.1, 0.15) is 5.56 Å². The molecule has 0 radical (unpaired) electrons. The summed E-state index contributed by atoms with van der Waals surface area (Å²) in [6.07, 6.45) is 3.85. The summed E-state index contributed by atoms with van der Waals surface area (Å²) in [6, 6.07) is 19.2. The molecule has 0 aliphatic heterocycles. The van der Waals surface area contributed by atoms with E-state index >= 15 is 0 Å². The molecule has 5 aromatic rings. The molecule has 3 aromatic heterocycles. The maximum absolute atomic E-state index is 11.5. The summed E-state index contributed by atoms with van der Waals surface area (Å²) in [5.41, 5.74) is 4.24. The topological polar surface area (TPSA) is 81.9 Å². The molecule has 0 bridgehead atoms. The van der Waals surface area contributed by atoms with Gasteiger partial charge in [0.05, 0.1) is 25.2 Å². The first-order valence-corrected chi connectivity index (χ1v) is 10.8. The Morgan fingerprint density at radius 1 is 1.03 bits per heavy atom. The van der Waals surface area contributed by atoms with Crippen molar-refractivity contribution >= 4 is 28.3 Å². The number of ether oxygens (including phenoxy) is 2. The maximum atomic E-state index is 11.5. The van der Waals surface area contributed by atoms with Crippen LogP contribution in [0.3, 0.4) is 0 Å². The monoisotopic (exact) mass is 453 g/mol. The number of aromatic nitrogens is 4. The Labute approximate surface area is 196 Å². The third-order valence-corrected chi connectivity index (χ3v) is 5.51. The van der Waals surface area contributed by atoms with Crippen LogP contribution in [-0.4, -0.2) is 46.8 Å². The lowest BCUT2D eigenvalue weighted by Crippen LogP contribution is -2.14. The van der Waals surface area contributed by atoms with Gasteiger partial charge in [-0.1, -0.05) is 30.3 Å². The molecule has 5 rings (SSSR count). The van der Waals surface area contributed by atoms with Crippen molar-refractivity contribution in [3.63, 3.8) is 0 Å². The molecule has 8 heteroatoms. The Kier molecular flexibility index (Phi) is 5.55. The molecule has 0 amide bonds. The average molecular weight is 454 g/mol. The van der Waals surface area contributed by atoms with E-state index in [1.165, 1.54) is 7.11 Å². The minimum absolute atomic E-state index is 0.213. The van der Waals surface area contributed by atoms with E-state index in [1.54, 1.807) is 10.7 Å². The number of hydrogen-bond donors (Lipinski definition) is 0. The first-order chi connectivity index (χ1) is 16.5. The van der Waals surface area contributed by atoms with E-state index in [1.807, 2.05) is 79.8 Å². The number of carbonyl (C=O) groups is 1. The van der Waals surface area contributed by atoms with Gasteiger partial charge in [-0.3, -0.25) is 9.78 Å². The minimum Gasteiger partial charge on any atom is -0.469 e. The molecule has 0 aliphatic rings. The number of carbonyl (C=O) groups excluding carboxylic acids is 1. The largest absolute Gasteiger partial charge is 0.469 e. The second kappa shape index (κ2) is 8.82. The number of rotatable bonds is 6. The van der Waals surface area contributed by atoms with Crippen LogP contribution in [0.2, 0.25) is 0 Å². The van der Waals surface area contributed by atoms with Gasteiger partial charge in [0.2, 0.25) is 5.88 Å². The number of pyridine rings is 1. The van der Waals surface area contributed by atoms with Gasteiger partial charge in [0.15, 0.2) is 5.65 Å². The number of methoxy groups -OCH3 is 1. The number of anilines is 1. The summed E-state index contributed by atoms with van der Waals surface area (Å²) >= 11 is 0. The molecule has 3 heterocycles. The molecular weight excluding hydrogens is 430 g/mol.